The SMILES string of the molecule is CCOC(=O)N(CC)Oc1ccc(Oc2ccccc2)cc1. The molecule has 1 amide bonds. The number of benzene rings is 2. The molecule has 0 aliphatic heterocycles. The van der Waals surface area contributed by atoms with Crippen molar-refractivity contribution < 1.29 is 19.1 Å². The average Bonchev–Trinajstić information content (AvgIpc) is 2.55. The number of para-hydroxylation sites is 1. The molecule has 5 nitrogen and oxygen atoms in total. The van der Waals surface area contributed by atoms with E-state index in [0.29, 0.717) is 24.7 Å². The summed E-state index contributed by atoms with van der Waals surface area (Å²) in [6, 6.07) is 16.5. The molecule has 0 bridgehead atoms. The first-order valence-electron chi connectivity index (χ1n) is 7.18. The predicted molar refractivity (Wildman–Crippen MR) is 83.0 cm³/mol. The van der Waals surface area contributed by atoms with E-state index >= 15 is 0 Å². The lowest BCUT2D eigenvalue weighted by Crippen LogP contribution is -2.34. The Balaban J connectivity index is 1.98. The monoisotopic (exact) mass is 301 g/mol. The van der Waals surface area contributed by atoms with Crippen LogP contribution in [0.25, 0.3) is 0 Å². The minimum atomic E-state index is -0.505. The van der Waals surface area contributed by atoms with Gasteiger partial charge in [0.15, 0.2) is 5.75 Å². The molecule has 0 N–H and O–H groups in total. The summed E-state index contributed by atoms with van der Waals surface area (Å²) < 4.78 is 10.6. The summed E-state index contributed by atoms with van der Waals surface area (Å²) in [6.07, 6.45) is -0.505. The summed E-state index contributed by atoms with van der Waals surface area (Å²) in [5.41, 5.74) is 0. The van der Waals surface area contributed by atoms with Crippen molar-refractivity contribution in [3.63, 3.8) is 0 Å². The van der Waals surface area contributed by atoms with E-state index in [1.165, 1.54) is 0 Å². The Bertz CT molecular complexity index is 583. The second-order valence-electron chi connectivity index (χ2n) is 4.37. The molecular formula is C17H19NO4. The van der Waals surface area contributed by atoms with Crippen LogP contribution in [0.15, 0.2) is 54.6 Å². The Kier molecular flexibility index (Phi) is 5.65. The molecule has 2 aromatic rings. The zero-order valence-electron chi connectivity index (χ0n) is 12.7. The van der Waals surface area contributed by atoms with Crippen LogP contribution in [0, 0.1) is 0 Å². The van der Waals surface area contributed by atoms with Gasteiger partial charge in [0.25, 0.3) is 0 Å². The Hall–Kier alpha value is -2.69. The van der Waals surface area contributed by atoms with Crippen molar-refractivity contribution >= 4 is 6.09 Å². The quantitative estimate of drug-likeness (QED) is 0.748. The Labute approximate surface area is 130 Å². The van der Waals surface area contributed by atoms with Gasteiger partial charge in [-0.3, -0.25) is 0 Å². The molecular weight excluding hydrogens is 282 g/mol. The van der Waals surface area contributed by atoms with Crippen molar-refractivity contribution in [3.8, 4) is 17.2 Å². The van der Waals surface area contributed by atoms with Crippen LogP contribution < -0.4 is 9.57 Å². The lowest BCUT2D eigenvalue weighted by Gasteiger charge is -2.19. The highest BCUT2D eigenvalue weighted by Gasteiger charge is 2.14. The van der Waals surface area contributed by atoms with E-state index < -0.39 is 6.09 Å². The first kappa shape index (κ1) is 15.7. The van der Waals surface area contributed by atoms with E-state index in [1.54, 1.807) is 31.2 Å². The van der Waals surface area contributed by atoms with Gasteiger partial charge in [-0.15, -0.1) is 5.06 Å². The second kappa shape index (κ2) is 7.93. The summed E-state index contributed by atoms with van der Waals surface area (Å²) in [5, 5.41) is 1.16. The van der Waals surface area contributed by atoms with E-state index in [9.17, 15) is 4.79 Å². The van der Waals surface area contributed by atoms with Crippen LogP contribution in [0.2, 0.25) is 0 Å². The summed E-state index contributed by atoms with van der Waals surface area (Å²) in [5.74, 6) is 1.99. The molecule has 0 aromatic heterocycles. The maximum absolute atomic E-state index is 11.6. The van der Waals surface area contributed by atoms with Gasteiger partial charge in [0.1, 0.15) is 11.5 Å². The first-order valence-corrected chi connectivity index (χ1v) is 7.18. The maximum atomic E-state index is 11.6. The fourth-order valence-electron chi connectivity index (χ4n) is 1.75. The van der Waals surface area contributed by atoms with Crippen molar-refractivity contribution in [2.24, 2.45) is 0 Å². The molecule has 5 heteroatoms. The van der Waals surface area contributed by atoms with Gasteiger partial charge >= 0.3 is 6.09 Å². The van der Waals surface area contributed by atoms with Crippen molar-refractivity contribution in [1.82, 2.24) is 5.06 Å². The van der Waals surface area contributed by atoms with Gasteiger partial charge in [-0.2, -0.15) is 0 Å². The summed E-state index contributed by atoms with van der Waals surface area (Å²) in [4.78, 5) is 17.1. The molecule has 0 heterocycles. The topological polar surface area (TPSA) is 48.0 Å². The van der Waals surface area contributed by atoms with Gasteiger partial charge in [-0.25, -0.2) is 4.79 Å². The molecule has 0 unspecified atom stereocenters. The third kappa shape index (κ3) is 4.41. The van der Waals surface area contributed by atoms with Gasteiger partial charge in [0.05, 0.1) is 13.2 Å². The number of hydroxylamine groups is 2. The highest BCUT2D eigenvalue weighted by Crippen LogP contribution is 2.23. The summed E-state index contributed by atoms with van der Waals surface area (Å²) >= 11 is 0. The fraction of sp³-hybridized carbons (Fsp3) is 0.235. The Morgan fingerprint density at radius 1 is 0.909 bits per heavy atom. The van der Waals surface area contributed by atoms with Crippen LogP contribution in [0.5, 0.6) is 17.2 Å². The number of nitrogens with zero attached hydrogens (tertiary/aromatic N) is 1. The molecule has 0 saturated carbocycles. The number of carbonyl (C=O) groups is 1. The van der Waals surface area contributed by atoms with Crippen LogP contribution in [0.3, 0.4) is 0 Å². The Morgan fingerprint density at radius 3 is 2.09 bits per heavy atom. The standard InChI is InChI=1S/C17H19NO4/c1-3-18(17(19)20-4-2)22-16-12-10-15(11-13-16)21-14-8-6-5-7-9-14/h5-13H,3-4H2,1-2H3. The van der Waals surface area contributed by atoms with Gasteiger partial charge in [-0.1, -0.05) is 18.2 Å². The van der Waals surface area contributed by atoms with Crippen LogP contribution in [-0.4, -0.2) is 24.3 Å². The number of hydrogen-bond acceptors (Lipinski definition) is 4. The molecule has 2 aromatic carbocycles. The molecule has 0 aliphatic rings. The van der Waals surface area contributed by atoms with Gasteiger partial charge in [0.2, 0.25) is 0 Å². The van der Waals surface area contributed by atoms with E-state index in [0.717, 1.165) is 10.8 Å². The molecule has 0 fully saturated rings. The summed E-state index contributed by atoms with van der Waals surface area (Å²) in [7, 11) is 0. The molecule has 2 rings (SSSR count). The number of ether oxygens (including phenoxy) is 2. The maximum Gasteiger partial charge on any atom is 0.443 e. The first-order chi connectivity index (χ1) is 10.7. The third-order valence-electron chi connectivity index (χ3n) is 2.78. The number of hydrogen-bond donors (Lipinski definition) is 0. The largest absolute Gasteiger partial charge is 0.457 e. The van der Waals surface area contributed by atoms with Gasteiger partial charge in [-0.05, 0) is 50.2 Å². The minimum absolute atomic E-state index is 0.308. The van der Waals surface area contributed by atoms with E-state index in [2.05, 4.69) is 0 Å². The minimum Gasteiger partial charge on any atom is -0.457 e. The lowest BCUT2D eigenvalue weighted by molar-refractivity contribution is -0.0431. The van der Waals surface area contributed by atoms with Crippen molar-refractivity contribution in [3.05, 3.63) is 54.6 Å². The van der Waals surface area contributed by atoms with Crippen LogP contribution >= 0.6 is 0 Å². The molecule has 116 valence electrons. The Morgan fingerprint density at radius 2 is 1.50 bits per heavy atom. The number of carbonyl (C=O) groups excluding carboxylic acids is 1. The van der Waals surface area contributed by atoms with Crippen LogP contribution in [0.4, 0.5) is 4.79 Å². The highest BCUT2D eigenvalue weighted by molar-refractivity contribution is 5.66. The zero-order valence-corrected chi connectivity index (χ0v) is 12.7. The lowest BCUT2D eigenvalue weighted by atomic mass is 10.3. The number of rotatable bonds is 6. The average molecular weight is 301 g/mol. The second-order valence-corrected chi connectivity index (χ2v) is 4.37. The molecule has 0 radical (unpaired) electrons. The predicted octanol–water partition coefficient (Wildman–Crippen LogP) is 4.25. The third-order valence-corrected chi connectivity index (χ3v) is 2.78. The smallest absolute Gasteiger partial charge is 0.443 e. The molecule has 22 heavy (non-hydrogen) atoms. The van der Waals surface area contributed by atoms with Crippen LogP contribution in [-0.2, 0) is 4.74 Å². The van der Waals surface area contributed by atoms with Gasteiger partial charge in [0, 0.05) is 0 Å². The van der Waals surface area contributed by atoms with E-state index in [4.69, 9.17) is 14.3 Å². The van der Waals surface area contributed by atoms with E-state index in [1.807, 2.05) is 37.3 Å². The zero-order chi connectivity index (χ0) is 15.8. The van der Waals surface area contributed by atoms with Crippen molar-refractivity contribution in [1.29, 1.82) is 0 Å². The van der Waals surface area contributed by atoms with Crippen LogP contribution in [0.1, 0.15) is 13.8 Å². The molecule has 0 atom stereocenters. The van der Waals surface area contributed by atoms with Gasteiger partial charge < -0.3 is 14.3 Å². The molecule has 0 aliphatic carbocycles. The van der Waals surface area contributed by atoms with Crippen molar-refractivity contribution in [2.75, 3.05) is 13.2 Å². The van der Waals surface area contributed by atoms with E-state index in [-0.39, 0.29) is 0 Å². The molecule has 0 saturated heterocycles. The molecule has 0 spiro atoms. The number of amides is 1. The normalized spacial score (nSPS) is 9.91. The highest BCUT2D eigenvalue weighted by atomic mass is 16.7. The summed E-state index contributed by atoms with van der Waals surface area (Å²) in [6.45, 7) is 4.26. The fourth-order valence-corrected chi connectivity index (χ4v) is 1.75. The van der Waals surface area contributed by atoms with Crippen molar-refractivity contribution in [2.45, 2.75) is 13.8 Å².